The molecule has 0 atom stereocenters. The molecule has 1 heterocycles. The van der Waals surface area contributed by atoms with E-state index in [2.05, 4.69) is 0 Å². The van der Waals surface area contributed by atoms with Crippen LogP contribution in [0, 0.1) is 5.92 Å². The monoisotopic (exact) mass is 307 g/mol. The molecule has 1 aromatic carbocycles. The van der Waals surface area contributed by atoms with Gasteiger partial charge in [-0.2, -0.15) is 0 Å². The number of hydrogen-bond acceptors (Lipinski definition) is 4. The number of carbonyl (C=O) groups is 1. The number of rotatable bonds is 6. The maximum absolute atomic E-state index is 12.6. The van der Waals surface area contributed by atoms with Crippen molar-refractivity contribution >= 4 is 5.91 Å². The zero-order valence-electron chi connectivity index (χ0n) is 13.6. The van der Waals surface area contributed by atoms with E-state index in [1.54, 1.807) is 14.2 Å². The van der Waals surface area contributed by atoms with Gasteiger partial charge in [0.1, 0.15) is 0 Å². The molecule has 22 heavy (non-hydrogen) atoms. The van der Waals surface area contributed by atoms with Crippen molar-refractivity contribution in [1.82, 2.24) is 4.90 Å². The Bertz CT molecular complexity index is 497. The summed E-state index contributed by atoms with van der Waals surface area (Å²) in [4.78, 5) is 14.5. The Labute approximate surface area is 132 Å². The second kappa shape index (κ2) is 8.03. The van der Waals surface area contributed by atoms with E-state index in [0.717, 1.165) is 18.4 Å². The molecule has 0 aromatic heterocycles. The molecule has 5 nitrogen and oxygen atoms in total. The van der Waals surface area contributed by atoms with Crippen LogP contribution in [-0.4, -0.2) is 44.8 Å². The van der Waals surface area contributed by atoms with Gasteiger partial charge in [0, 0.05) is 32.2 Å². The molecule has 0 radical (unpaired) electrons. The van der Waals surface area contributed by atoms with Gasteiger partial charge in [-0.25, -0.2) is 0 Å². The lowest BCUT2D eigenvalue weighted by Crippen LogP contribution is -2.38. The topological polar surface area (TPSA) is 48.0 Å². The van der Waals surface area contributed by atoms with Crippen molar-refractivity contribution in [2.75, 3.05) is 34.0 Å². The van der Waals surface area contributed by atoms with Crippen LogP contribution < -0.4 is 9.47 Å². The van der Waals surface area contributed by atoms with Crippen molar-refractivity contribution in [3.8, 4) is 11.5 Å². The summed E-state index contributed by atoms with van der Waals surface area (Å²) < 4.78 is 15.9. The number of nitrogens with zero attached hydrogens (tertiary/aromatic N) is 1. The summed E-state index contributed by atoms with van der Waals surface area (Å²) in [6, 6.07) is 5.78. The first-order valence-corrected chi connectivity index (χ1v) is 7.77. The Balaban J connectivity index is 2.07. The summed E-state index contributed by atoms with van der Waals surface area (Å²) in [5.41, 5.74) is 1.04. The molecule has 0 aliphatic carbocycles. The van der Waals surface area contributed by atoms with E-state index >= 15 is 0 Å². The van der Waals surface area contributed by atoms with Gasteiger partial charge >= 0.3 is 0 Å². The molecular weight excluding hydrogens is 282 g/mol. The third-order valence-corrected chi connectivity index (χ3v) is 4.09. The summed E-state index contributed by atoms with van der Waals surface area (Å²) >= 11 is 0. The minimum absolute atomic E-state index is 0.0915. The lowest BCUT2D eigenvalue weighted by Gasteiger charge is -2.28. The lowest BCUT2D eigenvalue weighted by molar-refractivity contribution is -0.139. The standard InChI is InChI=1S/C17H25NO4/c1-4-18(17(19)14-7-9-22-10-8-14)12-13-5-6-15(20-2)16(11-13)21-3/h5-6,11,14H,4,7-10,12H2,1-3H3. The fourth-order valence-electron chi connectivity index (χ4n) is 2.75. The van der Waals surface area contributed by atoms with Crippen LogP contribution >= 0.6 is 0 Å². The van der Waals surface area contributed by atoms with E-state index in [9.17, 15) is 4.79 Å². The molecule has 0 bridgehead atoms. The summed E-state index contributed by atoms with van der Waals surface area (Å²) in [6.45, 7) is 4.67. The third-order valence-electron chi connectivity index (χ3n) is 4.09. The number of amides is 1. The molecule has 122 valence electrons. The Morgan fingerprint density at radius 2 is 1.91 bits per heavy atom. The van der Waals surface area contributed by atoms with Gasteiger partial charge in [-0.1, -0.05) is 6.07 Å². The maximum atomic E-state index is 12.6. The van der Waals surface area contributed by atoms with Gasteiger partial charge in [0.15, 0.2) is 11.5 Å². The number of methoxy groups -OCH3 is 2. The molecule has 1 amide bonds. The molecule has 0 unspecified atom stereocenters. The molecule has 1 aromatic rings. The Morgan fingerprint density at radius 1 is 1.23 bits per heavy atom. The Kier molecular flexibility index (Phi) is 6.07. The fourth-order valence-corrected chi connectivity index (χ4v) is 2.75. The summed E-state index contributed by atoms with van der Waals surface area (Å²) in [5, 5.41) is 0. The van der Waals surface area contributed by atoms with Gasteiger partial charge in [0.05, 0.1) is 14.2 Å². The fraction of sp³-hybridized carbons (Fsp3) is 0.588. The summed E-state index contributed by atoms with van der Waals surface area (Å²) in [5.74, 6) is 1.70. The van der Waals surface area contributed by atoms with Crippen LogP contribution in [0.15, 0.2) is 18.2 Å². The predicted molar refractivity (Wildman–Crippen MR) is 84.2 cm³/mol. The maximum Gasteiger partial charge on any atom is 0.226 e. The van der Waals surface area contributed by atoms with E-state index in [1.165, 1.54) is 0 Å². The molecule has 2 rings (SSSR count). The van der Waals surface area contributed by atoms with Crippen LogP contribution in [0.4, 0.5) is 0 Å². The second-order valence-corrected chi connectivity index (χ2v) is 5.43. The van der Waals surface area contributed by atoms with E-state index in [1.807, 2.05) is 30.0 Å². The number of ether oxygens (including phenoxy) is 3. The van der Waals surface area contributed by atoms with Crippen molar-refractivity contribution in [3.63, 3.8) is 0 Å². The van der Waals surface area contributed by atoms with Crippen molar-refractivity contribution in [2.45, 2.75) is 26.3 Å². The van der Waals surface area contributed by atoms with Crippen molar-refractivity contribution in [3.05, 3.63) is 23.8 Å². The third kappa shape index (κ3) is 3.91. The SMILES string of the molecule is CCN(Cc1ccc(OC)c(OC)c1)C(=O)C1CCOCC1. The van der Waals surface area contributed by atoms with Gasteiger partial charge < -0.3 is 19.1 Å². The average molecular weight is 307 g/mol. The minimum atomic E-state index is 0.0915. The predicted octanol–water partition coefficient (Wildman–Crippen LogP) is 2.48. The molecule has 0 saturated carbocycles. The van der Waals surface area contributed by atoms with Gasteiger partial charge in [0.25, 0.3) is 0 Å². The van der Waals surface area contributed by atoms with Crippen molar-refractivity contribution < 1.29 is 19.0 Å². The first-order chi connectivity index (χ1) is 10.7. The quantitative estimate of drug-likeness (QED) is 0.810. The average Bonchev–Trinajstić information content (AvgIpc) is 2.59. The van der Waals surface area contributed by atoms with Crippen LogP contribution in [0.5, 0.6) is 11.5 Å². The molecule has 1 aliphatic rings. The molecule has 0 N–H and O–H groups in total. The normalized spacial score (nSPS) is 15.4. The lowest BCUT2D eigenvalue weighted by atomic mass is 9.98. The Hall–Kier alpha value is -1.75. The van der Waals surface area contributed by atoms with Gasteiger partial charge in [-0.15, -0.1) is 0 Å². The van der Waals surface area contributed by atoms with Crippen LogP contribution in [-0.2, 0) is 16.1 Å². The van der Waals surface area contributed by atoms with Crippen LogP contribution in [0.3, 0.4) is 0 Å². The smallest absolute Gasteiger partial charge is 0.226 e. The number of hydrogen-bond donors (Lipinski definition) is 0. The highest BCUT2D eigenvalue weighted by atomic mass is 16.5. The molecular formula is C17H25NO4. The van der Waals surface area contributed by atoms with Gasteiger partial charge in [-0.3, -0.25) is 4.79 Å². The number of carbonyl (C=O) groups excluding carboxylic acids is 1. The van der Waals surface area contributed by atoms with Gasteiger partial charge in [-0.05, 0) is 37.5 Å². The van der Waals surface area contributed by atoms with E-state index in [-0.39, 0.29) is 11.8 Å². The van der Waals surface area contributed by atoms with Gasteiger partial charge in [0.2, 0.25) is 5.91 Å². The highest BCUT2D eigenvalue weighted by Gasteiger charge is 2.25. The van der Waals surface area contributed by atoms with E-state index < -0.39 is 0 Å². The van der Waals surface area contributed by atoms with Crippen molar-refractivity contribution in [2.24, 2.45) is 5.92 Å². The molecule has 1 saturated heterocycles. The highest BCUT2D eigenvalue weighted by molar-refractivity contribution is 5.79. The first-order valence-electron chi connectivity index (χ1n) is 7.77. The largest absolute Gasteiger partial charge is 0.493 e. The second-order valence-electron chi connectivity index (χ2n) is 5.43. The summed E-state index contributed by atoms with van der Waals surface area (Å²) in [6.07, 6.45) is 1.64. The van der Waals surface area contributed by atoms with Crippen molar-refractivity contribution in [1.29, 1.82) is 0 Å². The zero-order valence-corrected chi connectivity index (χ0v) is 13.6. The highest BCUT2D eigenvalue weighted by Crippen LogP contribution is 2.28. The van der Waals surface area contributed by atoms with E-state index in [0.29, 0.717) is 37.8 Å². The molecule has 1 aliphatic heterocycles. The van der Waals surface area contributed by atoms with E-state index in [4.69, 9.17) is 14.2 Å². The number of benzene rings is 1. The van der Waals surface area contributed by atoms with Crippen LogP contribution in [0.25, 0.3) is 0 Å². The Morgan fingerprint density at radius 3 is 2.50 bits per heavy atom. The van der Waals surface area contributed by atoms with Crippen LogP contribution in [0.2, 0.25) is 0 Å². The minimum Gasteiger partial charge on any atom is -0.493 e. The zero-order chi connectivity index (χ0) is 15.9. The molecule has 0 spiro atoms. The summed E-state index contributed by atoms with van der Waals surface area (Å²) in [7, 11) is 3.23. The van der Waals surface area contributed by atoms with Crippen LogP contribution in [0.1, 0.15) is 25.3 Å². The molecule has 5 heteroatoms. The molecule has 1 fully saturated rings. The first kappa shape index (κ1) is 16.6.